The summed E-state index contributed by atoms with van der Waals surface area (Å²) in [5.41, 5.74) is 0.650. The number of hydrogen-bond donors (Lipinski definition) is 1. The van der Waals surface area contributed by atoms with Gasteiger partial charge in [-0.1, -0.05) is 6.42 Å². The highest BCUT2D eigenvalue weighted by Gasteiger charge is 2.22. The molecule has 3 nitrogen and oxygen atoms in total. The Hall–Kier alpha value is -0.810. The van der Waals surface area contributed by atoms with Crippen LogP contribution in [-0.4, -0.2) is 26.8 Å². The van der Waals surface area contributed by atoms with Crippen LogP contribution in [0.3, 0.4) is 0 Å². The minimum absolute atomic E-state index is 0.253. The highest BCUT2D eigenvalue weighted by molar-refractivity contribution is 9.10. The van der Waals surface area contributed by atoms with Crippen molar-refractivity contribution in [3.63, 3.8) is 0 Å². The molecule has 1 N–H and O–H groups in total. The Bertz CT molecular complexity index is 448. The van der Waals surface area contributed by atoms with Gasteiger partial charge in [0.25, 0.3) is 0 Å². The highest BCUT2D eigenvalue weighted by Crippen LogP contribution is 2.39. The molecule has 0 saturated carbocycles. The molecule has 106 valence electrons. The van der Waals surface area contributed by atoms with E-state index in [2.05, 4.69) is 21.2 Å². The van der Waals surface area contributed by atoms with E-state index in [-0.39, 0.29) is 5.82 Å². The van der Waals surface area contributed by atoms with Crippen molar-refractivity contribution in [3.8, 4) is 11.5 Å². The van der Waals surface area contributed by atoms with E-state index >= 15 is 0 Å². The van der Waals surface area contributed by atoms with Gasteiger partial charge in [0.05, 0.1) is 18.7 Å². The molecule has 1 aliphatic heterocycles. The molecule has 0 spiro atoms. The maximum atomic E-state index is 14.2. The standard InChI is InChI=1S/C14H19BrFNO2/c1-18-12-8-11(16)10(13(15)14(12)19-2)7-9-5-3-4-6-17-9/h8-9,17H,3-7H2,1-2H3. The molecule has 0 aliphatic carbocycles. The predicted octanol–water partition coefficient (Wildman–Crippen LogP) is 3.29. The van der Waals surface area contributed by atoms with Gasteiger partial charge < -0.3 is 14.8 Å². The molecule has 0 aromatic heterocycles. The lowest BCUT2D eigenvalue weighted by atomic mass is 9.97. The molecule has 5 heteroatoms. The molecule has 0 bridgehead atoms. The van der Waals surface area contributed by atoms with E-state index in [0.29, 0.717) is 34.0 Å². The molecule has 1 aromatic rings. The fourth-order valence-electron chi connectivity index (χ4n) is 2.49. The van der Waals surface area contributed by atoms with Crippen molar-refractivity contribution in [1.29, 1.82) is 0 Å². The fourth-order valence-corrected chi connectivity index (χ4v) is 3.20. The largest absolute Gasteiger partial charge is 0.493 e. The Kier molecular flexibility index (Phi) is 5.05. The molecule has 1 atom stereocenters. The van der Waals surface area contributed by atoms with Crippen molar-refractivity contribution in [3.05, 3.63) is 21.9 Å². The van der Waals surface area contributed by atoms with Crippen LogP contribution in [0.15, 0.2) is 10.5 Å². The summed E-state index contributed by atoms with van der Waals surface area (Å²) in [6.45, 7) is 1.01. The van der Waals surface area contributed by atoms with E-state index in [1.54, 1.807) is 7.11 Å². The monoisotopic (exact) mass is 331 g/mol. The lowest BCUT2D eigenvalue weighted by molar-refractivity contribution is 0.347. The quantitative estimate of drug-likeness (QED) is 0.918. The Labute approximate surface area is 121 Å². The third-order valence-corrected chi connectivity index (χ3v) is 4.36. The Morgan fingerprint density at radius 3 is 2.74 bits per heavy atom. The van der Waals surface area contributed by atoms with Crippen LogP contribution in [0.4, 0.5) is 4.39 Å². The first-order valence-corrected chi connectivity index (χ1v) is 7.29. The van der Waals surface area contributed by atoms with E-state index in [9.17, 15) is 4.39 Å². The van der Waals surface area contributed by atoms with Crippen LogP contribution in [0.5, 0.6) is 11.5 Å². The Balaban J connectivity index is 2.28. The van der Waals surface area contributed by atoms with Gasteiger partial charge in [0, 0.05) is 17.7 Å². The van der Waals surface area contributed by atoms with Gasteiger partial charge in [0.2, 0.25) is 0 Å². The molecule has 1 heterocycles. The molecular formula is C14H19BrFNO2. The number of halogens is 2. The van der Waals surface area contributed by atoms with Crippen LogP contribution in [0.2, 0.25) is 0 Å². The Morgan fingerprint density at radius 1 is 1.37 bits per heavy atom. The summed E-state index contributed by atoms with van der Waals surface area (Å²) < 4.78 is 25.3. The number of hydrogen-bond acceptors (Lipinski definition) is 3. The van der Waals surface area contributed by atoms with Gasteiger partial charge in [-0.15, -0.1) is 0 Å². The summed E-state index contributed by atoms with van der Waals surface area (Å²) in [5.74, 6) is 0.707. The van der Waals surface area contributed by atoms with E-state index < -0.39 is 0 Å². The maximum Gasteiger partial charge on any atom is 0.175 e. The fraction of sp³-hybridized carbons (Fsp3) is 0.571. The second kappa shape index (κ2) is 6.57. The van der Waals surface area contributed by atoms with Crippen molar-refractivity contribution in [2.45, 2.75) is 31.7 Å². The van der Waals surface area contributed by atoms with Gasteiger partial charge in [-0.3, -0.25) is 0 Å². The molecular weight excluding hydrogens is 313 g/mol. The molecule has 1 aliphatic rings. The first-order chi connectivity index (χ1) is 9.17. The summed E-state index contributed by atoms with van der Waals surface area (Å²) >= 11 is 3.44. The molecule has 1 saturated heterocycles. The van der Waals surface area contributed by atoms with Crippen molar-refractivity contribution in [2.24, 2.45) is 0 Å². The lowest BCUT2D eigenvalue weighted by Crippen LogP contribution is -2.35. The van der Waals surface area contributed by atoms with E-state index in [0.717, 1.165) is 13.0 Å². The number of benzene rings is 1. The molecule has 0 amide bonds. The topological polar surface area (TPSA) is 30.5 Å². The zero-order valence-corrected chi connectivity index (χ0v) is 12.8. The van der Waals surface area contributed by atoms with Crippen molar-refractivity contribution >= 4 is 15.9 Å². The second-order valence-corrected chi connectivity index (χ2v) is 5.53. The SMILES string of the molecule is COc1cc(F)c(CC2CCCCN2)c(Br)c1OC. The smallest absolute Gasteiger partial charge is 0.175 e. The molecule has 2 rings (SSSR count). The molecule has 1 unspecified atom stereocenters. The van der Waals surface area contributed by atoms with Crippen LogP contribution >= 0.6 is 15.9 Å². The minimum atomic E-state index is -0.253. The predicted molar refractivity (Wildman–Crippen MR) is 76.5 cm³/mol. The van der Waals surface area contributed by atoms with Crippen LogP contribution in [0.25, 0.3) is 0 Å². The van der Waals surface area contributed by atoms with Crippen molar-refractivity contribution in [2.75, 3.05) is 20.8 Å². The first-order valence-electron chi connectivity index (χ1n) is 6.49. The average Bonchev–Trinajstić information content (AvgIpc) is 2.44. The second-order valence-electron chi connectivity index (χ2n) is 4.74. The minimum Gasteiger partial charge on any atom is -0.493 e. The van der Waals surface area contributed by atoms with Gasteiger partial charge in [-0.2, -0.15) is 0 Å². The molecule has 0 radical (unpaired) electrons. The van der Waals surface area contributed by atoms with Gasteiger partial charge in [-0.25, -0.2) is 4.39 Å². The normalized spacial score (nSPS) is 19.3. The number of methoxy groups -OCH3 is 2. The van der Waals surface area contributed by atoms with E-state index in [1.165, 1.54) is 26.0 Å². The first kappa shape index (κ1) is 14.6. The lowest BCUT2D eigenvalue weighted by Gasteiger charge is -2.24. The summed E-state index contributed by atoms with van der Waals surface area (Å²) in [5, 5.41) is 3.43. The van der Waals surface area contributed by atoms with Gasteiger partial charge in [0.15, 0.2) is 11.5 Å². The number of piperidine rings is 1. The number of nitrogens with one attached hydrogen (secondary N) is 1. The maximum absolute atomic E-state index is 14.2. The van der Waals surface area contributed by atoms with Gasteiger partial charge in [0.1, 0.15) is 5.82 Å². The van der Waals surface area contributed by atoms with Crippen LogP contribution in [0, 0.1) is 5.82 Å². The highest BCUT2D eigenvalue weighted by atomic mass is 79.9. The summed E-state index contributed by atoms with van der Waals surface area (Å²) in [4.78, 5) is 0. The average molecular weight is 332 g/mol. The summed E-state index contributed by atoms with van der Waals surface area (Å²) in [6, 6.07) is 1.72. The zero-order chi connectivity index (χ0) is 13.8. The third kappa shape index (κ3) is 3.20. The third-order valence-electron chi connectivity index (χ3n) is 3.52. The number of ether oxygens (including phenoxy) is 2. The van der Waals surface area contributed by atoms with Crippen molar-refractivity contribution < 1.29 is 13.9 Å². The molecule has 19 heavy (non-hydrogen) atoms. The zero-order valence-electron chi connectivity index (χ0n) is 11.3. The van der Waals surface area contributed by atoms with Crippen LogP contribution in [-0.2, 0) is 6.42 Å². The molecule has 1 fully saturated rings. The van der Waals surface area contributed by atoms with E-state index in [4.69, 9.17) is 9.47 Å². The number of rotatable bonds is 4. The molecule has 1 aromatic carbocycles. The summed E-state index contributed by atoms with van der Waals surface area (Å²) in [7, 11) is 3.06. The van der Waals surface area contributed by atoms with E-state index in [1.807, 2.05) is 0 Å². The van der Waals surface area contributed by atoms with Crippen molar-refractivity contribution in [1.82, 2.24) is 5.32 Å². The van der Waals surface area contributed by atoms with Crippen LogP contribution < -0.4 is 14.8 Å². The van der Waals surface area contributed by atoms with Gasteiger partial charge in [-0.05, 0) is 41.7 Å². The van der Waals surface area contributed by atoms with Gasteiger partial charge >= 0.3 is 0 Å². The van der Waals surface area contributed by atoms with Crippen LogP contribution in [0.1, 0.15) is 24.8 Å². The summed E-state index contributed by atoms with van der Waals surface area (Å²) in [6.07, 6.45) is 4.14. The Morgan fingerprint density at radius 2 is 2.16 bits per heavy atom.